The molecule has 0 bridgehead atoms. The van der Waals surface area contributed by atoms with Crippen LogP contribution in [0.4, 0.5) is 5.69 Å². The van der Waals surface area contributed by atoms with Crippen molar-refractivity contribution < 1.29 is 14.3 Å². The van der Waals surface area contributed by atoms with Gasteiger partial charge in [0.2, 0.25) is 0 Å². The number of carbonyl (C=O) groups is 1. The van der Waals surface area contributed by atoms with Crippen LogP contribution in [0, 0.1) is 0 Å². The lowest BCUT2D eigenvalue weighted by Gasteiger charge is -2.13. The minimum atomic E-state index is -0.282. The fourth-order valence-electron chi connectivity index (χ4n) is 2.51. The van der Waals surface area contributed by atoms with E-state index in [4.69, 9.17) is 32.7 Å². The lowest BCUT2D eigenvalue weighted by Crippen LogP contribution is -2.16. The molecule has 2 aromatic rings. The first-order chi connectivity index (χ1) is 12.0. The van der Waals surface area contributed by atoms with Gasteiger partial charge in [0, 0.05) is 17.2 Å². The van der Waals surface area contributed by atoms with E-state index in [-0.39, 0.29) is 12.0 Å². The number of hydrogen-bond acceptors (Lipinski definition) is 3. The molecular weight excluding hydrogens is 429 g/mol. The third-order valence-corrected chi connectivity index (χ3v) is 5.00. The first kappa shape index (κ1) is 18.5. The molecule has 0 aromatic heterocycles. The van der Waals surface area contributed by atoms with Crippen LogP contribution in [-0.2, 0) is 4.74 Å². The molecule has 25 heavy (non-hydrogen) atoms. The number of hydrogen-bond donors (Lipinski definition) is 1. The van der Waals surface area contributed by atoms with Gasteiger partial charge in [0.15, 0.2) is 0 Å². The van der Waals surface area contributed by atoms with Crippen LogP contribution < -0.4 is 10.1 Å². The second-order valence-electron chi connectivity index (χ2n) is 5.67. The molecule has 1 aliphatic heterocycles. The molecule has 4 nitrogen and oxygen atoms in total. The van der Waals surface area contributed by atoms with Gasteiger partial charge in [0.05, 0.1) is 21.3 Å². The number of halogens is 3. The molecule has 1 unspecified atom stereocenters. The SMILES string of the molecule is O=C(Nc1cc(Cl)ccc1Cl)c1ccc(OCC2CCCO2)c(Br)c1. The highest BCUT2D eigenvalue weighted by Crippen LogP contribution is 2.29. The highest BCUT2D eigenvalue weighted by Gasteiger charge is 2.17. The van der Waals surface area contributed by atoms with Crippen molar-refractivity contribution >= 4 is 50.7 Å². The first-order valence-electron chi connectivity index (χ1n) is 7.83. The fraction of sp³-hybridized carbons (Fsp3) is 0.278. The molecule has 0 aliphatic carbocycles. The van der Waals surface area contributed by atoms with Crippen LogP contribution in [0.25, 0.3) is 0 Å². The molecule has 1 N–H and O–H groups in total. The zero-order valence-electron chi connectivity index (χ0n) is 13.2. The molecule has 1 fully saturated rings. The molecule has 0 saturated carbocycles. The number of anilines is 1. The van der Waals surface area contributed by atoms with Crippen molar-refractivity contribution in [3.05, 3.63) is 56.5 Å². The van der Waals surface area contributed by atoms with Gasteiger partial charge in [-0.25, -0.2) is 0 Å². The predicted octanol–water partition coefficient (Wildman–Crippen LogP) is 5.57. The number of ether oxygens (including phenoxy) is 2. The summed E-state index contributed by atoms with van der Waals surface area (Å²) < 4.78 is 12.0. The van der Waals surface area contributed by atoms with Crippen molar-refractivity contribution in [3.63, 3.8) is 0 Å². The number of amides is 1. The van der Waals surface area contributed by atoms with Gasteiger partial charge < -0.3 is 14.8 Å². The summed E-state index contributed by atoms with van der Waals surface area (Å²) in [6.07, 6.45) is 2.22. The maximum Gasteiger partial charge on any atom is 0.255 e. The van der Waals surface area contributed by atoms with Crippen LogP contribution in [0.2, 0.25) is 10.0 Å². The Morgan fingerprint density at radius 3 is 2.84 bits per heavy atom. The summed E-state index contributed by atoms with van der Waals surface area (Å²) >= 11 is 15.5. The molecule has 0 radical (unpaired) electrons. The molecular formula is C18H16BrCl2NO3. The predicted molar refractivity (Wildman–Crippen MR) is 103 cm³/mol. The topological polar surface area (TPSA) is 47.6 Å². The Morgan fingerprint density at radius 2 is 2.12 bits per heavy atom. The van der Waals surface area contributed by atoms with Gasteiger partial charge in [-0.15, -0.1) is 0 Å². The van der Waals surface area contributed by atoms with E-state index >= 15 is 0 Å². The van der Waals surface area contributed by atoms with Crippen molar-refractivity contribution in [2.75, 3.05) is 18.5 Å². The molecule has 1 saturated heterocycles. The van der Waals surface area contributed by atoms with Crippen molar-refractivity contribution in [2.24, 2.45) is 0 Å². The van der Waals surface area contributed by atoms with Crippen molar-refractivity contribution in [1.29, 1.82) is 0 Å². The average Bonchev–Trinajstić information content (AvgIpc) is 3.10. The largest absolute Gasteiger partial charge is 0.490 e. The second-order valence-corrected chi connectivity index (χ2v) is 7.37. The van der Waals surface area contributed by atoms with Crippen LogP contribution in [0.5, 0.6) is 5.75 Å². The monoisotopic (exact) mass is 443 g/mol. The fourth-order valence-corrected chi connectivity index (χ4v) is 3.34. The summed E-state index contributed by atoms with van der Waals surface area (Å²) in [6.45, 7) is 1.29. The summed E-state index contributed by atoms with van der Waals surface area (Å²) in [4.78, 5) is 12.4. The number of benzene rings is 2. The van der Waals surface area contributed by atoms with E-state index in [1.165, 1.54) is 0 Å². The maximum atomic E-state index is 12.4. The molecule has 3 rings (SSSR count). The average molecular weight is 445 g/mol. The van der Waals surface area contributed by atoms with E-state index in [1.807, 2.05) is 0 Å². The highest BCUT2D eigenvalue weighted by molar-refractivity contribution is 9.10. The molecule has 1 aliphatic rings. The summed E-state index contributed by atoms with van der Waals surface area (Å²) in [5.74, 6) is 0.392. The Hall–Kier alpha value is -1.27. The first-order valence-corrected chi connectivity index (χ1v) is 9.38. The minimum Gasteiger partial charge on any atom is -0.490 e. The van der Waals surface area contributed by atoms with Crippen molar-refractivity contribution in [2.45, 2.75) is 18.9 Å². The van der Waals surface area contributed by atoms with Crippen molar-refractivity contribution in [1.82, 2.24) is 0 Å². The zero-order chi connectivity index (χ0) is 17.8. The van der Waals surface area contributed by atoms with Crippen LogP contribution >= 0.6 is 39.1 Å². The van der Waals surface area contributed by atoms with E-state index in [2.05, 4.69) is 21.2 Å². The molecule has 0 spiro atoms. The van der Waals surface area contributed by atoms with Crippen LogP contribution in [0.1, 0.15) is 23.2 Å². The Balaban J connectivity index is 1.66. The van der Waals surface area contributed by atoms with Crippen LogP contribution in [0.15, 0.2) is 40.9 Å². The number of rotatable bonds is 5. The van der Waals surface area contributed by atoms with Crippen LogP contribution in [0.3, 0.4) is 0 Å². The van der Waals surface area contributed by atoms with E-state index in [1.54, 1.807) is 36.4 Å². The normalized spacial score (nSPS) is 16.7. The summed E-state index contributed by atoms with van der Waals surface area (Å²) in [5, 5.41) is 3.68. The molecule has 2 aromatic carbocycles. The van der Waals surface area contributed by atoms with Gasteiger partial charge in [-0.1, -0.05) is 23.2 Å². The Bertz CT molecular complexity index is 779. The smallest absolute Gasteiger partial charge is 0.255 e. The lowest BCUT2D eigenvalue weighted by atomic mass is 10.2. The standard InChI is InChI=1S/C18H16BrCl2NO3/c19-14-8-11(3-6-17(14)25-10-13-2-1-7-24-13)18(23)22-16-9-12(20)4-5-15(16)21/h3-6,8-9,13H,1-2,7,10H2,(H,22,23). The van der Waals surface area contributed by atoms with E-state index in [0.29, 0.717) is 38.1 Å². The van der Waals surface area contributed by atoms with Gasteiger partial charge in [-0.3, -0.25) is 4.79 Å². The van der Waals surface area contributed by atoms with Gasteiger partial charge in [-0.2, -0.15) is 0 Å². The van der Waals surface area contributed by atoms with Gasteiger partial charge in [-0.05, 0) is 65.2 Å². The van der Waals surface area contributed by atoms with Gasteiger partial charge >= 0.3 is 0 Å². The summed E-state index contributed by atoms with van der Waals surface area (Å²) in [6, 6.07) is 10.1. The number of carbonyl (C=O) groups excluding carboxylic acids is 1. The molecule has 1 atom stereocenters. The van der Waals surface area contributed by atoms with E-state index in [9.17, 15) is 4.79 Å². The van der Waals surface area contributed by atoms with E-state index < -0.39 is 0 Å². The molecule has 1 heterocycles. The quantitative estimate of drug-likeness (QED) is 0.655. The molecule has 132 valence electrons. The molecule has 1 amide bonds. The highest BCUT2D eigenvalue weighted by atomic mass is 79.9. The minimum absolute atomic E-state index is 0.139. The van der Waals surface area contributed by atoms with E-state index in [0.717, 1.165) is 19.4 Å². The molecule has 7 heteroatoms. The van der Waals surface area contributed by atoms with Crippen LogP contribution in [-0.4, -0.2) is 25.2 Å². The number of nitrogens with one attached hydrogen (secondary N) is 1. The third kappa shape index (κ3) is 4.88. The van der Waals surface area contributed by atoms with Gasteiger partial charge in [0.1, 0.15) is 12.4 Å². The Morgan fingerprint density at radius 1 is 1.28 bits per heavy atom. The summed E-state index contributed by atoms with van der Waals surface area (Å²) in [7, 11) is 0. The second kappa shape index (κ2) is 8.41. The van der Waals surface area contributed by atoms with Crippen molar-refractivity contribution in [3.8, 4) is 5.75 Å². The Kier molecular flexibility index (Phi) is 6.23. The third-order valence-electron chi connectivity index (χ3n) is 3.82. The maximum absolute atomic E-state index is 12.4. The lowest BCUT2D eigenvalue weighted by molar-refractivity contribution is 0.0677. The summed E-state index contributed by atoms with van der Waals surface area (Å²) in [5.41, 5.74) is 0.946. The Labute approximate surface area is 164 Å². The van der Waals surface area contributed by atoms with Gasteiger partial charge in [0.25, 0.3) is 5.91 Å². The zero-order valence-corrected chi connectivity index (χ0v) is 16.3.